The van der Waals surface area contributed by atoms with Gasteiger partial charge in [-0.25, -0.2) is 0 Å². The second-order valence-corrected chi connectivity index (χ2v) is 10.6. The molecular formula is C26H26ClF3N2O4S. The van der Waals surface area contributed by atoms with Crippen molar-refractivity contribution in [3.05, 3.63) is 57.3 Å². The number of ketones is 1. The number of H-pyrrole nitrogens is 1. The van der Waals surface area contributed by atoms with Gasteiger partial charge in [-0.3, -0.25) is 9.59 Å². The molecule has 0 amide bonds. The van der Waals surface area contributed by atoms with Crippen molar-refractivity contribution in [2.75, 3.05) is 32.0 Å². The van der Waals surface area contributed by atoms with Crippen molar-refractivity contribution in [2.45, 2.75) is 30.3 Å². The first-order valence-electron chi connectivity index (χ1n) is 11.8. The van der Waals surface area contributed by atoms with E-state index in [2.05, 4.69) is 9.88 Å². The molecule has 3 N–H and O–H groups in total. The number of nitrogens with one attached hydrogen (secondary N) is 1. The molecule has 3 aromatic rings. The lowest BCUT2D eigenvalue weighted by Gasteiger charge is -2.31. The van der Waals surface area contributed by atoms with Gasteiger partial charge in [0.15, 0.2) is 0 Å². The summed E-state index contributed by atoms with van der Waals surface area (Å²) in [6.07, 6.45) is -2.47. The maximum absolute atomic E-state index is 13.5. The highest BCUT2D eigenvalue weighted by atomic mass is 35.5. The van der Waals surface area contributed by atoms with Crippen LogP contribution in [0.1, 0.15) is 24.8 Å². The van der Waals surface area contributed by atoms with Crippen LogP contribution in [0.15, 0.2) is 46.1 Å². The normalized spacial score (nSPS) is 16.8. The number of aromatic amines is 1. The van der Waals surface area contributed by atoms with Gasteiger partial charge >= 0.3 is 6.18 Å². The number of likely N-dealkylation sites (tertiary alicyclic amines) is 1. The van der Waals surface area contributed by atoms with Gasteiger partial charge in [0.2, 0.25) is 0 Å². The third-order valence-electron chi connectivity index (χ3n) is 6.47. The summed E-state index contributed by atoms with van der Waals surface area (Å²) in [5.41, 5.74) is -1.15. The molecule has 0 bridgehead atoms. The Morgan fingerprint density at radius 2 is 2.00 bits per heavy atom. The molecule has 1 aliphatic heterocycles. The Labute approximate surface area is 220 Å². The van der Waals surface area contributed by atoms with Gasteiger partial charge in [0, 0.05) is 53.2 Å². The van der Waals surface area contributed by atoms with E-state index in [0.717, 1.165) is 49.8 Å². The third kappa shape index (κ3) is 6.49. The van der Waals surface area contributed by atoms with Crippen LogP contribution in [0, 0.1) is 5.92 Å². The maximum Gasteiger partial charge on any atom is 0.416 e. The number of hydrogen-bond acceptors (Lipinski definition) is 6. The summed E-state index contributed by atoms with van der Waals surface area (Å²) in [7, 11) is 0. The zero-order valence-corrected chi connectivity index (χ0v) is 21.3. The van der Waals surface area contributed by atoms with E-state index in [9.17, 15) is 33.0 Å². The van der Waals surface area contributed by atoms with Crippen LogP contribution in [0.2, 0.25) is 5.02 Å². The van der Waals surface area contributed by atoms with Crippen molar-refractivity contribution in [2.24, 2.45) is 5.92 Å². The van der Waals surface area contributed by atoms with E-state index in [1.807, 2.05) is 0 Å². The molecule has 1 aliphatic rings. The Morgan fingerprint density at radius 1 is 1.22 bits per heavy atom. The summed E-state index contributed by atoms with van der Waals surface area (Å²) in [5, 5.41) is 20.2. The molecule has 0 saturated carbocycles. The second kappa shape index (κ2) is 11.5. The van der Waals surface area contributed by atoms with Gasteiger partial charge in [-0.2, -0.15) is 13.2 Å². The molecule has 2 aromatic carbocycles. The number of aromatic hydroxyl groups is 1. The number of aliphatic hydroxyl groups excluding tert-OH is 1. The topological polar surface area (TPSA) is 93.6 Å². The smallest absolute Gasteiger partial charge is 0.416 e. The zero-order chi connectivity index (χ0) is 26.7. The monoisotopic (exact) mass is 554 g/mol. The molecule has 0 aliphatic carbocycles. The number of phenolic OH excluding ortho intramolecular Hbond substituents is 1. The Hall–Kier alpha value is -2.53. The summed E-state index contributed by atoms with van der Waals surface area (Å²) in [5.74, 6) is -0.255. The summed E-state index contributed by atoms with van der Waals surface area (Å²) < 4.78 is 40.5. The van der Waals surface area contributed by atoms with Crippen molar-refractivity contribution >= 4 is 40.0 Å². The average Bonchev–Trinajstić information content (AvgIpc) is 2.86. The number of thioether (sulfide) groups is 1. The maximum atomic E-state index is 13.5. The summed E-state index contributed by atoms with van der Waals surface area (Å²) in [6.45, 7) is 2.21. The predicted molar refractivity (Wildman–Crippen MR) is 138 cm³/mol. The van der Waals surface area contributed by atoms with Crippen molar-refractivity contribution in [1.82, 2.24) is 9.88 Å². The first-order chi connectivity index (χ1) is 17.6. The number of alkyl halides is 3. The van der Waals surface area contributed by atoms with Crippen LogP contribution in [-0.4, -0.2) is 57.9 Å². The minimum absolute atomic E-state index is 0.0241. The highest BCUT2D eigenvalue weighted by Gasteiger charge is 2.31. The Kier molecular flexibility index (Phi) is 8.52. The van der Waals surface area contributed by atoms with E-state index >= 15 is 0 Å². The van der Waals surface area contributed by atoms with Gasteiger partial charge in [-0.05, 0) is 61.7 Å². The van der Waals surface area contributed by atoms with E-state index in [1.165, 1.54) is 24.3 Å². The number of rotatable bonds is 8. The van der Waals surface area contributed by atoms with Crippen LogP contribution < -0.4 is 5.56 Å². The summed E-state index contributed by atoms with van der Waals surface area (Å²) in [4.78, 5) is 30.5. The number of Topliss-reactive ketones (excluding diaryl/α,β-unsaturated/α-hetero) is 1. The van der Waals surface area contributed by atoms with Gasteiger partial charge in [0.1, 0.15) is 11.5 Å². The quantitative estimate of drug-likeness (QED) is 0.326. The molecular weight excluding hydrogens is 529 g/mol. The zero-order valence-electron chi connectivity index (χ0n) is 19.8. The number of piperidine rings is 1. The number of nitrogens with zero attached hydrogens (tertiary/aromatic N) is 1. The number of hydrogen-bond donors (Lipinski definition) is 3. The molecule has 1 aromatic heterocycles. The van der Waals surface area contributed by atoms with Crippen molar-refractivity contribution in [3.63, 3.8) is 0 Å². The fourth-order valence-corrected chi connectivity index (χ4v) is 5.74. The molecule has 1 saturated heterocycles. The van der Waals surface area contributed by atoms with Gasteiger partial charge < -0.3 is 20.1 Å². The number of aliphatic hydroxyl groups is 1. The number of benzene rings is 2. The van der Waals surface area contributed by atoms with E-state index in [-0.39, 0.29) is 68.2 Å². The largest absolute Gasteiger partial charge is 0.507 e. The minimum atomic E-state index is -4.62. The van der Waals surface area contributed by atoms with Crippen LogP contribution >= 0.6 is 23.4 Å². The van der Waals surface area contributed by atoms with E-state index in [1.54, 1.807) is 0 Å². The lowest BCUT2D eigenvalue weighted by molar-refractivity contribution is -0.137. The number of carbonyl (C=O) groups is 1. The van der Waals surface area contributed by atoms with E-state index in [0.29, 0.717) is 6.54 Å². The van der Waals surface area contributed by atoms with Gasteiger partial charge in [0.05, 0.1) is 16.2 Å². The Bertz CT molecular complexity index is 1360. The van der Waals surface area contributed by atoms with Gasteiger partial charge in [-0.15, -0.1) is 11.8 Å². The number of halogens is 4. The summed E-state index contributed by atoms with van der Waals surface area (Å²) in [6, 6.07) is 7.07. The highest BCUT2D eigenvalue weighted by molar-refractivity contribution is 8.00. The van der Waals surface area contributed by atoms with Crippen LogP contribution in [0.5, 0.6) is 5.75 Å². The van der Waals surface area contributed by atoms with Crippen molar-refractivity contribution in [1.29, 1.82) is 0 Å². The molecule has 1 fully saturated rings. The molecule has 2 heterocycles. The van der Waals surface area contributed by atoms with Crippen LogP contribution in [-0.2, 0) is 11.0 Å². The highest BCUT2D eigenvalue weighted by Crippen LogP contribution is 2.42. The standard InChI is InChI=1S/C26H26ClF3N2O4S/c27-17-4-6-22(35)20(11-17)23-19-10-16(26(28,29)30)3-5-21(19)31-25(36)24(23)37-14-18(34)7-9-32-8-1-2-15(12-32)13-33/h3-6,10-11,15,33,35H,1-2,7-9,12-14H2,(H,31,36). The fourth-order valence-electron chi connectivity index (χ4n) is 4.58. The van der Waals surface area contributed by atoms with Crippen molar-refractivity contribution in [3.8, 4) is 16.9 Å². The lowest BCUT2D eigenvalue weighted by Crippen LogP contribution is -2.38. The number of phenols is 1. The number of fused-ring (bicyclic) bond motifs is 1. The molecule has 0 radical (unpaired) electrons. The second-order valence-electron chi connectivity index (χ2n) is 9.15. The van der Waals surface area contributed by atoms with Crippen molar-refractivity contribution < 1.29 is 28.2 Å². The molecule has 198 valence electrons. The average molecular weight is 555 g/mol. The molecule has 0 spiro atoms. The molecule has 1 atom stereocenters. The third-order valence-corrected chi connectivity index (χ3v) is 7.85. The molecule has 1 unspecified atom stereocenters. The van der Waals surface area contributed by atoms with Gasteiger partial charge in [0.25, 0.3) is 5.56 Å². The molecule has 6 nitrogen and oxygen atoms in total. The molecule has 4 rings (SSSR count). The lowest BCUT2D eigenvalue weighted by atomic mass is 9.98. The molecule has 11 heteroatoms. The van der Waals surface area contributed by atoms with Gasteiger partial charge in [-0.1, -0.05) is 11.6 Å². The molecule has 37 heavy (non-hydrogen) atoms. The Morgan fingerprint density at radius 3 is 2.73 bits per heavy atom. The predicted octanol–water partition coefficient (Wildman–Crippen LogP) is 5.33. The van der Waals surface area contributed by atoms with E-state index in [4.69, 9.17) is 11.6 Å². The fraction of sp³-hybridized carbons (Fsp3) is 0.385. The van der Waals surface area contributed by atoms with Crippen LogP contribution in [0.3, 0.4) is 0 Å². The SMILES string of the molecule is O=C(CCN1CCCC(CO)C1)CSc1c(-c2cc(Cl)ccc2O)c2cc(C(F)(F)F)ccc2[nH]c1=O. The van der Waals surface area contributed by atoms with Crippen LogP contribution in [0.4, 0.5) is 13.2 Å². The minimum Gasteiger partial charge on any atom is -0.507 e. The first kappa shape index (κ1) is 27.5. The number of aromatic nitrogens is 1. The Balaban J connectivity index is 1.66. The number of pyridine rings is 1. The van der Waals surface area contributed by atoms with E-state index < -0.39 is 17.3 Å². The number of carbonyl (C=O) groups excluding carboxylic acids is 1. The van der Waals surface area contributed by atoms with Crippen LogP contribution in [0.25, 0.3) is 22.0 Å². The summed E-state index contributed by atoms with van der Waals surface area (Å²) >= 11 is 7.04. The first-order valence-corrected chi connectivity index (χ1v) is 13.2.